The monoisotopic (exact) mass is 214 g/mol. The normalized spacial score (nSPS) is 17.9. The molecule has 1 aliphatic carbocycles. The molecule has 2 nitrogen and oxygen atoms in total. The number of aliphatic hydroxyl groups is 1. The molecule has 4 heteroatoms. The van der Waals surface area contributed by atoms with Crippen LogP contribution >= 0.6 is 0 Å². The van der Waals surface area contributed by atoms with Gasteiger partial charge in [-0.1, -0.05) is 12.1 Å². The standard InChI is InChI=1S/C11H12F2O2/c12-10(13)15-9-3-1-8(2-4-9)11(7-14)5-6-11/h1-4,10,14H,5-7H2. The average molecular weight is 214 g/mol. The van der Waals surface area contributed by atoms with Crippen molar-refractivity contribution >= 4 is 0 Å². The van der Waals surface area contributed by atoms with Crippen LogP contribution in [0.2, 0.25) is 0 Å². The van der Waals surface area contributed by atoms with Crippen molar-refractivity contribution in [3.8, 4) is 5.75 Å². The molecule has 0 radical (unpaired) electrons. The fraction of sp³-hybridized carbons (Fsp3) is 0.455. The molecule has 0 bridgehead atoms. The lowest BCUT2D eigenvalue weighted by molar-refractivity contribution is -0.0498. The van der Waals surface area contributed by atoms with E-state index in [2.05, 4.69) is 4.74 Å². The van der Waals surface area contributed by atoms with Gasteiger partial charge in [-0.15, -0.1) is 0 Å². The molecule has 0 atom stereocenters. The van der Waals surface area contributed by atoms with Crippen LogP contribution in [0.3, 0.4) is 0 Å². The van der Waals surface area contributed by atoms with E-state index in [4.69, 9.17) is 0 Å². The Morgan fingerprint density at radius 3 is 2.27 bits per heavy atom. The summed E-state index contributed by atoms with van der Waals surface area (Å²) in [5.74, 6) is 0.155. The zero-order valence-corrected chi connectivity index (χ0v) is 8.12. The van der Waals surface area contributed by atoms with Crippen molar-refractivity contribution < 1.29 is 18.6 Å². The van der Waals surface area contributed by atoms with Crippen LogP contribution in [0.1, 0.15) is 18.4 Å². The summed E-state index contributed by atoms with van der Waals surface area (Å²) in [6.45, 7) is -2.68. The molecule has 0 amide bonds. The average Bonchev–Trinajstić information content (AvgIpc) is 2.99. The Kier molecular flexibility index (Phi) is 2.61. The first-order valence-corrected chi connectivity index (χ1v) is 4.82. The largest absolute Gasteiger partial charge is 0.435 e. The Morgan fingerprint density at radius 2 is 1.87 bits per heavy atom. The molecular formula is C11H12F2O2. The molecular weight excluding hydrogens is 202 g/mol. The van der Waals surface area contributed by atoms with Gasteiger partial charge in [0.25, 0.3) is 0 Å². The number of hydrogen-bond acceptors (Lipinski definition) is 2. The highest BCUT2D eigenvalue weighted by Gasteiger charge is 2.43. The van der Waals surface area contributed by atoms with Gasteiger partial charge in [0.2, 0.25) is 0 Å². The predicted molar refractivity (Wildman–Crippen MR) is 51.1 cm³/mol. The van der Waals surface area contributed by atoms with Gasteiger partial charge >= 0.3 is 6.61 Å². The molecule has 2 rings (SSSR count). The van der Waals surface area contributed by atoms with E-state index >= 15 is 0 Å². The molecule has 1 saturated carbocycles. The van der Waals surface area contributed by atoms with Crippen molar-refractivity contribution in [3.05, 3.63) is 29.8 Å². The second-order valence-corrected chi connectivity index (χ2v) is 3.84. The molecule has 1 fully saturated rings. The lowest BCUT2D eigenvalue weighted by Gasteiger charge is -2.12. The maximum atomic E-state index is 11.9. The van der Waals surface area contributed by atoms with Crippen molar-refractivity contribution in [1.29, 1.82) is 0 Å². The molecule has 1 aliphatic rings. The Labute approximate surface area is 86.5 Å². The molecule has 0 heterocycles. The number of ether oxygens (including phenoxy) is 1. The maximum absolute atomic E-state index is 11.9. The van der Waals surface area contributed by atoms with Gasteiger partial charge in [-0.25, -0.2) is 0 Å². The van der Waals surface area contributed by atoms with E-state index in [1.54, 1.807) is 12.1 Å². The Hall–Kier alpha value is -1.16. The smallest absolute Gasteiger partial charge is 0.387 e. The van der Waals surface area contributed by atoms with Crippen molar-refractivity contribution in [3.63, 3.8) is 0 Å². The fourth-order valence-corrected chi connectivity index (χ4v) is 1.68. The number of benzene rings is 1. The third-order valence-electron chi connectivity index (χ3n) is 2.85. The van der Waals surface area contributed by atoms with Crippen molar-refractivity contribution in [2.45, 2.75) is 24.9 Å². The van der Waals surface area contributed by atoms with Crippen LogP contribution in [0.25, 0.3) is 0 Å². The summed E-state index contributed by atoms with van der Waals surface area (Å²) < 4.78 is 28.0. The third-order valence-corrected chi connectivity index (χ3v) is 2.85. The fourth-order valence-electron chi connectivity index (χ4n) is 1.68. The van der Waals surface area contributed by atoms with E-state index in [0.717, 1.165) is 18.4 Å². The van der Waals surface area contributed by atoms with Crippen molar-refractivity contribution in [2.24, 2.45) is 0 Å². The highest BCUT2D eigenvalue weighted by molar-refractivity contribution is 5.36. The van der Waals surface area contributed by atoms with Crippen LogP contribution in [-0.4, -0.2) is 18.3 Å². The van der Waals surface area contributed by atoms with Gasteiger partial charge in [0.1, 0.15) is 5.75 Å². The minimum atomic E-state index is -2.79. The quantitative estimate of drug-likeness (QED) is 0.833. The highest BCUT2D eigenvalue weighted by Crippen LogP contribution is 2.47. The lowest BCUT2D eigenvalue weighted by Crippen LogP contribution is -2.11. The van der Waals surface area contributed by atoms with Crippen LogP contribution in [0.4, 0.5) is 8.78 Å². The van der Waals surface area contributed by atoms with E-state index in [1.807, 2.05) is 0 Å². The van der Waals surface area contributed by atoms with E-state index in [-0.39, 0.29) is 17.8 Å². The molecule has 0 saturated heterocycles. The van der Waals surface area contributed by atoms with Gasteiger partial charge in [0.05, 0.1) is 6.61 Å². The van der Waals surface area contributed by atoms with Gasteiger partial charge in [0, 0.05) is 5.41 Å². The van der Waals surface area contributed by atoms with Gasteiger partial charge in [-0.05, 0) is 30.5 Å². The van der Waals surface area contributed by atoms with E-state index in [9.17, 15) is 13.9 Å². The van der Waals surface area contributed by atoms with Crippen LogP contribution in [0, 0.1) is 0 Å². The van der Waals surface area contributed by atoms with Crippen molar-refractivity contribution in [1.82, 2.24) is 0 Å². The number of alkyl halides is 2. The van der Waals surface area contributed by atoms with Crippen LogP contribution in [0.15, 0.2) is 24.3 Å². The van der Waals surface area contributed by atoms with E-state index in [0.29, 0.717) is 0 Å². The molecule has 0 unspecified atom stereocenters. The van der Waals surface area contributed by atoms with Gasteiger partial charge in [-0.2, -0.15) is 8.78 Å². The highest BCUT2D eigenvalue weighted by atomic mass is 19.3. The second kappa shape index (κ2) is 3.77. The van der Waals surface area contributed by atoms with Gasteiger partial charge < -0.3 is 9.84 Å². The summed E-state index contributed by atoms with van der Waals surface area (Å²) >= 11 is 0. The number of halogens is 2. The first-order valence-electron chi connectivity index (χ1n) is 4.82. The van der Waals surface area contributed by atoms with Crippen LogP contribution < -0.4 is 4.74 Å². The molecule has 1 aromatic rings. The number of hydrogen-bond donors (Lipinski definition) is 1. The lowest BCUT2D eigenvalue weighted by atomic mass is 9.97. The molecule has 82 valence electrons. The van der Waals surface area contributed by atoms with Gasteiger partial charge in [-0.3, -0.25) is 0 Å². The number of aliphatic hydroxyl groups excluding tert-OH is 1. The summed E-state index contributed by atoms with van der Waals surface area (Å²) in [5, 5.41) is 9.17. The third kappa shape index (κ3) is 2.09. The van der Waals surface area contributed by atoms with Crippen molar-refractivity contribution in [2.75, 3.05) is 6.61 Å². The van der Waals surface area contributed by atoms with E-state index in [1.165, 1.54) is 12.1 Å². The Balaban J connectivity index is 2.10. The van der Waals surface area contributed by atoms with E-state index < -0.39 is 6.61 Å². The molecule has 1 N–H and O–H groups in total. The Bertz CT molecular complexity index is 331. The summed E-state index contributed by atoms with van der Waals surface area (Å²) in [6, 6.07) is 6.50. The SMILES string of the molecule is OCC1(c2ccc(OC(F)F)cc2)CC1. The zero-order valence-electron chi connectivity index (χ0n) is 8.12. The Morgan fingerprint density at radius 1 is 1.27 bits per heavy atom. The summed E-state index contributed by atoms with van der Waals surface area (Å²) in [4.78, 5) is 0. The zero-order chi connectivity index (χ0) is 10.9. The maximum Gasteiger partial charge on any atom is 0.387 e. The molecule has 0 aliphatic heterocycles. The molecule has 0 spiro atoms. The molecule has 1 aromatic carbocycles. The topological polar surface area (TPSA) is 29.5 Å². The number of rotatable bonds is 4. The van der Waals surface area contributed by atoms with Gasteiger partial charge in [0.15, 0.2) is 0 Å². The molecule has 15 heavy (non-hydrogen) atoms. The molecule has 0 aromatic heterocycles. The summed E-state index contributed by atoms with van der Waals surface area (Å²) in [6.07, 6.45) is 1.91. The van der Waals surface area contributed by atoms with Crippen LogP contribution in [0.5, 0.6) is 5.75 Å². The first-order chi connectivity index (χ1) is 7.16. The summed E-state index contributed by atoms with van der Waals surface area (Å²) in [7, 11) is 0. The first kappa shape index (κ1) is 10.4. The summed E-state index contributed by atoms with van der Waals surface area (Å²) in [5.41, 5.74) is 0.871. The second-order valence-electron chi connectivity index (χ2n) is 3.84. The predicted octanol–water partition coefficient (Wildman–Crippen LogP) is 2.31. The minimum absolute atomic E-state index is 0.113. The minimum Gasteiger partial charge on any atom is -0.435 e. The van der Waals surface area contributed by atoms with Crippen LogP contribution in [-0.2, 0) is 5.41 Å².